The van der Waals surface area contributed by atoms with Gasteiger partial charge < -0.3 is 19.7 Å². The van der Waals surface area contributed by atoms with E-state index in [1.165, 1.54) is 44.9 Å². The van der Waals surface area contributed by atoms with Gasteiger partial charge >= 0.3 is 5.97 Å². The van der Waals surface area contributed by atoms with Gasteiger partial charge in [-0.1, -0.05) is 69.8 Å². The molecule has 1 fully saturated rings. The van der Waals surface area contributed by atoms with E-state index in [1.54, 1.807) is 0 Å². The number of carboxylic acid groups (broad SMARTS) is 1. The molecule has 1 rings (SSSR count). The Morgan fingerprint density at radius 1 is 1.00 bits per heavy atom. The third-order valence-corrected chi connectivity index (χ3v) is 5.90. The van der Waals surface area contributed by atoms with Crippen LogP contribution < -0.4 is 0 Å². The van der Waals surface area contributed by atoms with E-state index in [4.69, 9.17) is 14.6 Å². The van der Waals surface area contributed by atoms with Crippen LogP contribution in [-0.2, 0) is 14.3 Å². The molecule has 0 bridgehead atoms. The first kappa shape index (κ1) is 28.9. The summed E-state index contributed by atoms with van der Waals surface area (Å²) in [6.45, 7) is 2.96. The van der Waals surface area contributed by atoms with Gasteiger partial charge in [0.2, 0.25) is 0 Å². The van der Waals surface area contributed by atoms with E-state index >= 15 is 0 Å². The van der Waals surface area contributed by atoms with Crippen molar-refractivity contribution in [3.63, 3.8) is 0 Å². The lowest BCUT2D eigenvalue weighted by atomic mass is 10.0. The Labute approximate surface area is 196 Å². The molecule has 0 aromatic heterocycles. The Morgan fingerprint density at radius 2 is 1.69 bits per heavy atom. The van der Waals surface area contributed by atoms with Crippen molar-refractivity contribution in [2.75, 3.05) is 6.61 Å². The first-order chi connectivity index (χ1) is 15.6. The first-order valence-electron chi connectivity index (χ1n) is 13.1. The summed E-state index contributed by atoms with van der Waals surface area (Å²) in [6, 6.07) is 0. The first-order valence-corrected chi connectivity index (χ1v) is 13.1. The molecule has 3 atom stereocenters. The highest BCUT2D eigenvalue weighted by molar-refractivity contribution is 5.67. The highest BCUT2D eigenvalue weighted by Gasteiger charge is 2.23. The Kier molecular flexibility index (Phi) is 18.4. The largest absolute Gasteiger partial charge is 0.481 e. The summed E-state index contributed by atoms with van der Waals surface area (Å²) in [7, 11) is 0. The van der Waals surface area contributed by atoms with E-state index in [1.807, 2.05) is 0 Å². The lowest BCUT2D eigenvalue weighted by Crippen LogP contribution is -2.31. The highest BCUT2D eigenvalue weighted by Crippen LogP contribution is 2.21. The third kappa shape index (κ3) is 17.4. The van der Waals surface area contributed by atoms with Gasteiger partial charge in [0.25, 0.3) is 0 Å². The van der Waals surface area contributed by atoms with E-state index in [2.05, 4.69) is 31.2 Å². The Hall–Kier alpha value is -1.17. The average Bonchev–Trinajstić information content (AvgIpc) is 2.76. The van der Waals surface area contributed by atoms with Crippen LogP contribution in [-0.4, -0.2) is 41.3 Å². The van der Waals surface area contributed by atoms with Crippen LogP contribution in [0.15, 0.2) is 24.3 Å². The van der Waals surface area contributed by atoms with E-state index in [-0.39, 0.29) is 18.8 Å². The summed E-state index contributed by atoms with van der Waals surface area (Å²) in [5, 5.41) is 18.9. The zero-order valence-corrected chi connectivity index (χ0v) is 20.4. The molecule has 1 aliphatic heterocycles. The molecule has 0 aromatic carbocycles. The number of unbranched alkanes of at least 4 members (excludes halogenated alkanes) is 8. The second-order valence-corrected chi connectivity index (χ2v) is 9.06. The van der Waals surface area contributed by atoms with Crippen LogP contribution in [0.2, 0.25) is 0 Å². The van der Waals surface area contributed by atoms with Gasteiger partial charge in [-0.15, -0.1) is 0 Å². The summed E-state index contributed by atoms with van der Waals surface area (Å²) in [5.41, 5.74) is 0. The number of hydrogen-bond donors (Lipinski definition) is 2. The van der Waals surface area contributed by atoms with Crippen LogP contribution in [0.1, 0.15) is 116 Å². The lowest BCUT2D eigenvalue weighted by molar-refractivity contribution is -0.194. The van der Waals surface area contributed by atoms with Crippen molar-refractivity contribution in [1.82, 2.24) is 0 Å². The van der Waals surface area contributed by atoms with E-state index in [0.29, 0.717) is 6.42 Å². The molecular weight excluding hydrogens is 404 g/mol. The van der Waals surface area contributed by atoms with Gasteiger partial charge in [-0.2, -0.15) is 0 Å². The summed E-state index contributed by atoms with van der Waals surface area (Å²) in [5.74, 6) is -0.970. The molecule has 0 aromatic rings. The van der Waals surface area contributed by atoms with E-state index in [0.717, 1.165) is 58.0 Å². The Morgan fingerprint density at radius 3 is 2.34 bits per heavy atom. The van der Waals surface area contributed by atoms with Gasteiger partial charge in [-0.25, -0.2) is 0 Å². The number of ether oxygens (including phenoxy) is 2. The van der Waals surface area contributed by atoms with Crippen LogP contribution in [0, 0.1) is 0 Å². The number of rotatable bonds is 20. The molecule has 1 saturated heterocycles. The highest BCUT2D eigenvalue weighted by atomic mass is 16.7. The van der Waals surface area contributed by atoms with Gasteiger partial charge in [-0.3, -0.25) is 4.79 Å². The molecule has 5 nitrogen and oxygen atoms in total. The monoisotopic (exact) mass is 452 g/mol. The molecule has 1 aliphatic rings. The number of aliphatic hydroxyl groups is 1. The fourth-order valence-electron chi connectivity index (χ4n) is 4.05. The van der Waals surface area contributed by atoms with Gasteiger partial charge in [-0.05, 0) is 57.8 Å². The van der Waals surface area contributed by atoms with Crippen molar-refractivity contribution in [2.45, 2.75) is 135 Å². The maximum atomic E-state index is 10.9. The Bertz CT molecular complexity index is 496. The molecule has 0 aliphatic carbocycles. The summed E-state index contributed by atoms with van der Waals surface area (Å²) in [4.78, 5) is 10.9. The van der Waals surface area contributed by atoms with Crippen LogP contribution in [0.4, 0.5) is 0 Å². The summed E-state index contributed by atoms with van der Waals surface area (Å²) in [6.07, 6.45) is 25.1. The minimum atomic E-state index is -0.970. The normalized spacial score (nSPS) is 19.0. The quantitative estimate of drug-likeness (QED) is 0.155. The molecule has 0 radical (unpaired) electrons. The van der Waals surface area contributed by atoms with Crippen LogP contribution in [0.25, 0.3) is 0 Å². The van der Waals surface area contributed by atoms with Crippen LogP contribution >= 0.6 is 0 Å². The van der Waals surface area contributed by atoms with Crippen molar-refractivity contribution in [1.29, 1.82) is 0 Å². The zero-order valence-electron chi connectivity index (χ0n) is 20.4. The fourth-order valence-corrected chi connectivity index (χ4v) is 4.05. The molecular formula is C27H48O5. The van der Waals surface area contributed by atoms with Crippen molar-refractivity contribution in [2.24, 2.45) is 0 Å². The number of aliphatic hydroxyl groups excluding tert-OH is 1. The molecule has 1 heterocycles. The molecule has 0 spiro atoms. The number of carbonyl (C=O) groups is 1. The van der Waals surface area contributed by atoms with Gasteiger partial charge in [0.15, 0.2) is 6.29 Å². The van der Waals surface area contributed by atoms with Crippen molar-refractivity contribution in [3.05, 3.63) is 24.3 Å². The predicted octanol–water partition coefficient (Wildman–Crippen LogP) is 6.94. The minimum absolute atomic E-state index is 0.134. The van der Waals surface area contributed by atoms with Crippen molar-refractivity contribution < 1.29 is 24.5 Å². The number of aliphatic carboxylic acids is 1. The van der Waals surface area contributed by atoms with Gasteiger partial charge in [0, 0.05) is 13.0 Å². The van der Waals surface area contributed by atoms with Gasteiger partial charge in [0.1, 0.15) is 0 Å². The number of allylic oxidation sites excluding steroid dienone is 4. The van der Waals surface area contributed by atoms with Gasteiger partial charge in [0.05, 0.1) is 18.6 Å². The second-order valence-electron chi connectivity index (χ2n) is 9.06. The summed E-state index contributed by atoms with van der Waals surface area (Å²) >= 11 is 0. The SMILES string of the molecule is CCCCCC=CCC=CCCCCCCCC(CC(O)CC(=O)O)OC1CCCCO1. The van der Waals surface area contributed by atoms with Crippen molar-refractivity contribution in [3.8, 4) is 0 Å². The van der Waals surface area contributed by atoms with E-state index in [9.17, 15) is 9.90 Å². The molecule has 5 heteroatoms. The van der Waals surface area contributed by atoms with Crippen molar-refractivity contribution >= 4 is 5.97 Å². The minimum Gasteiger partial charge on any atom is -0.481 e. The molecule has 2 N–H and O–H groups in total. The molecule has 3 unspecified atom stereocenters. The maximum Gasteiger partial charge on any atom is 0.305 e. The predicted molar refractivity (Wildman–Crippen MR) is 131 cm³/mol. The third-order valence-electron chi connectivity index (χ3n) is 5.90. The molecule has 186 valence electrons. The topological polar surface area (TPSA) is 76.0 Å². The van der Waals surface area contributed by atoms with Crippen LogP contribution in [0.5, 0.6) is 0 Å². The molecule has 0 saturated carbocycles. The molecule has 32 heavy (non-hydrogen) atoms. The summed E-state index contributed by atoms with van der Waals surface area (Å²) < 4.78 is 11.7. The Balaban J connectivity index is 2.11. The zero-order chi connectivity index (χ0) is 23.3. The average molecular weight is 453 g/mol. The lowest BCUT2D eigenvalue weighted by Gasteiger charge is -2.29. The second kappa shape index (κ2) is 20.4. The number of carboxylic acids is 1. The smallest absolute Gasteiger partial charge is 0.305 e. The molecule has 0 amide bonds. The maximum absolute atomic E-state index is 10.9. The van der Waals surface area contributed by atoms with E-state index < -0.39 is 12.1 Å². The number of hydrogen-bond acceptors (Lipinski definition) is 4. The fraction of sp³-hybridized carbons (Fsp3) is 0.815. The van der Waals surface area contributed by atoms with Crippen LogP contribution in [0.3, 0.4) is 0 Å². The standard InChI is InChI=1S/C27H48O5/c1-2-3-4-5-6-7-8-9-10-11-12-13-14-15-16-19-25(22-24(28)23-26(29)30)32-27-20-17-18-21-31-27/h6-7,9-10,24-25,27-28H,2-5,8,11-23H2,1H3,(H,29,30).